The summed E-state index contributed by atoms with van der Waals surface area (Å²) >= 11 is 0. The fraction of sp³-hybridized carbons (Fsp3) is 0.750. The van der Waals surface area contributed by atoms with Gasteiger partial charge in [0.25, 0.3) is 0 Å². The van der Waals surface area contributed by atoms with Crippen LogP contribution in [0.25, 0.3) is 0 Å². The minimum absolute atomic E-state index is 0.318. The number of hydrogen-bond acceptors (Lipinski definition) is 4. The molecule has 0 amide bonds. The molecule has 0 aromatic rings. The molecule has 0 heterocycles. The molecule has 2 N–H and O–H groups in total. The summed E-state index contributed by atoms with van der Waals surface area (Å²) < 4.78 is 4.53. The molecular weight excluding hydrogens is 156 g/mol. The number of nitrogens with zero attached hydrogens (tertiary/aromatic N) is 1. The van der Waals surface area contributed by atoms with Gasteiger partial charge in [0.05, 0.1) is 7.11 Å². The third-order valence-corrected chi connectivity index (χ3v) is 1.63. The molecule has 0 rings (SSSR count). The van der Waals surface area contributed by atoms with Crippen LogP contribution >= 0.6 is 0 Å². The van der Waals surface area contributed by atoms with E-state index >= 15 is 0 Å². The van der Waals surface area contributed by atoms with E-state index in [4.69, 9.17) is 5.73 Å². The van der Waals surface area contributed by atoms with Crippen molar-refractivity contribution in [2.45, 2.75) is 25.3 Å². The molecule has 0 saturated heterocycles. The van der Waals surface area contributed by atoms with E-state index in [0.717, 1.165) is 12.8 Å². The Bertz CT molecular complexity index is 148. The summed E-state index contributed by atoms with van der Waals surface area (Å²) in [6.07, 6.45) is 2.46. The zero-order chi connectivity index (χ0) is 9.40. The largest absolute Gasteiger partial charge is 0.467 e. The first-order chi connectivity index (χ1) is 5.76. The Hall–Kier alpha value is -0.900. The predicted molar refractivity (Wildman–Crippen MR) is 48.3 cm³/mol. The average molecular weight is 172 g/mol. The van der Waals surface area contributed by atoms with E-state index in [9.17, 15) is 4.79 Å². The third kappa shape index (κ3) is 4.08. The minimum Gasteiger partial charge on any atom is -0.467 e. The molecule has 1 atom stereocenters. The van der Waals surface area contributed by atoms with Crippen molar-refractivity contribution < 1.29 is 9.53 Å². The summed E-state index contributed by atoms with van der Waals surface area (Å²) in [5.74, 6) is -0.318. The van der Waals surface area contributed by atoms with Gasteiger partial charge in [-0.05, 0) is 32.5 Å². The van der Waals surface area contributed by atoms with Gasteiger partial charge in [0.15, 0.2) is 0 Å². The van der Waals surface area contributed by atoms with Gasteiger partial charge in [-0.15, -0.1) is 0 Å². The lowest BCUT2D eigenvalue weighted by Gasteiger charge is -2.07. The molecule has 70 valence electrons. The van der Waals surface area contributed by atoms with E-state index in [2.05, 4.69) is 16.4 Å². The number of unbranched alkanes of at least 4 members (excludes halogenated alkanes) is 1. The van der Waals surface area contributed by atoms with Crippen molar-refractivity contribution in [2.75, 3.05) is 13.7 Å². The van der Waals surface area contributed by atoms with Crippen molar-refractivity contribution in [3.8, 4) is 0 Å². The minimum atomic E-state index is -0.415. The van der Waals surface area contributed by atoms with Gasteiger partial charge >= 0.3 is 5.97 Å². The van der Waals surface area contributed by atoms with E-state index < -0.39 is 6.04 Å². The molecule has 12 heavy (non-hydrogen) atoms. The molecule has 0 aliphatic heterocycles. The number of methoxy groups -OCH3 is 1. The topological polar surface area (TPSA) is 64.7 Å². The fourth-order valence-corrected chi connectivity index (χ4v) is 0.902. The van der Waals surface area contributed by atoms with Gasteiger partial charge in [-0.2, -0.15) is 0 Å². The van der Waals surface area contributed by atoms with Crippen LogP contribution < -0.4 is 5.73 Å². The molecule has 1 unspecified atom stereocenters. The maximum Gasteiger partial charge on any atom is 0.330 e. The van der Waals surface area contributed by atoms with Gasteiger partial charge in [0.1, 0.15) is 6.04 Å². The number of esters is 1. The predicted octanol–water partition coefficient (Wildman–Crippen LogP) is 0.358. The first-order valence-corrected chi connectivity index (χ1v) is 4.00. The Kier molecular flexibility index (Phi) is 6.28. The molecule has 0 bridgehead atoms. The molecule has 4 heteroatoms. The van der Waals surface area contributed by atoms with Gasteiger partial charge in [-0.1, -0.05) is 0 Å². The molecule has 0 aliphatic carbocycles. The van der Waals surface area contributed by atoms with Crippen molar-refractivity contribution in [1.82, 2.24) is 0 Å². The summed E-state index contributed by atoms with van der Waals surface area (Å²) in [6.45, 7) is 3.97. The number of carbonyl (C=O) groups excluding carboxylic acids is 1. The van der Waals surface area contributed by atoms with Crippen LogP contribution in [0.15, 0.2) is 4.99 Å². The van der Waals surface area contributed by atoms with Crippen molar-refractivity contribution in [3.05, 3.63) is 0 Å². The highest BCUT2D eigenvalue weighted by molar-refractivity contribution is 5.76. The lowest BCUT2D eigenvalue weighted by atomic mass is 10.1. The lowest BCUT2D eigenvalue weighted by molar-refractivity contribution is -0.142. The Morgan fingerprint density at radius 2 is 2.33 bits per heavy atom. The van der Waals surface area contributed by atoms with E-state index in [1.165, 1.54) is 7.11 Å². The number of hydrogen-bond donors (Lipinski definition) is 1. The number of carbonyl (C=O) groups is 1. The highest BCUT2D eigenvalue weighted by atomic mass is 16.5. The van der Waals surface area contributed by atoms with Gasteiger partial charge in [-0.3, -0.25) is 4.99 Å². The Balaban J connectivity index is 3.67. The molecule has 0 radical (unpaired) electrons. The van der Waals surface area contributed by atoms with Crippen LogP contribution in [0.1, 0.15) is 19.3 Å². The molecule has 0 aromatic heterocycles. The average Bonchev–Trinajstić information content (AvgIpc) is 2.11. The van der Waals surface area contributed by atoms with Crippen LogP contribution in [-0.4, -0.2) is 32.4 Å². The van der Waals surface area contributed by atoms with E-state index in [1.54, 1.807) is 0 Å². The zero-order valence-electron chi connectivity index (χ0n) is 7.45. The number of rotatable bonds is 6. The summed E-state index contributed by atoms with van der Waals surface area (Å²) in [6, 6.07) is -0.415. The van der Waals surface area contributed by atoms with Crippen LogP contribution in [0.4, 0.5) is 0 Å². The van der Waals surface area contributed by atoms with Crippen LogP contribution in [0.3, 0.4) is 0 Å². The standard InChI is InChI=1S/C8H16N2O2/c1-10-7(8(11)12-2)5-3-4-6-9/h7H,1,3-6,9H2,2H3. The number of ether oxygens (including phenoxy) is 1. The summed E-state index contributed by atoms with van der Waals surface area (Å²) in [4.78, 5) is 14.6. The maximum atomic E-state index is 10.9. The highest BCUT2D eigenvalue weighted by Crippen LogP contribution is 2.05. The molecule has 0 spiro atoms. The lowest BCUT2D eigenvalue weighted by Crippen LogP contribution is -2.20. The van der Waals surface area contributed by atoms with Crippen molar-refractivity contribution in [3.63, 3.8) is 0 Å². The zero-order valence-corrected chi connectivity index (χ0v) is 7.45. The quantitative estimate of drug-likeness (QED) is 0.357. The van der Waals surface area contributed by atoms with Gasteiger partial charge in [0.2, 0.25) is 0 Å². The normalized spacial score (nSPS) is 12.2. The second-order valence-electron chi connectivity index (χ2n) is 2.51. The van der Waals surface area contributed by atoms with E-state index in [-0.39, 0.29) is 5.97 Å². The smallest absolute Gasteiger partial charge is 0.330 e. The van der Waals surface area contributed by atoms with Gasteiger partial charge in [-0.25, -0.2) is 4.79 Å². The number of nitrogens with two attached hydrogens (primary N) is 1. The van der Waals surface area contributed by atoms with Gasteiger partial charge < -0.3 is 10.5 Å². The summed E-state index contributed by atoms with van der Waals surface area (Å²) in [5.41, 5.74) is 5.30. The SMILES string of the molecule is C=NC(CCCCN)C(=O)OC. The second-order valence-corrected chi connectivity index (χ2v) is 2.51. The summed E-state index contributed by atoms with van der Waals surface area (Å²) in [5, 5.41) is 0. The maximum absolute atomic E-state index is 10.9. The van der Waals surface area contributed by atoms with Crippen LogP contribution in [0, 0.1) is 0 Å². The van der Waals surface area contributed by atoms with Gasteiger partial charge in [0, 0.05) is 0 Å². The molecule has 0 fully saturated rings. The Morgan fingerprint density at radius 3 is 2.75 bits per heavy atom. The van der Waals surface area contributed by atoms with Crippen LogP contribution in [0.2, 0.25) is 0 Å². The molecule has 4 nitrogen and oxygen atoms in total. The molecular formula is C8H16N2O2. The van der Waals surface area contributed by atoms with E-state index in [1.807, 2.05) is 0 Å². The first-order valence-electron chi connectivity index (χ1n) is 4.00. The Morgan fingerprint density at radius 1 is 1.67 bits per heavy atom. The first kappa shape index (κ1) is 11.1. The van der Waals surface area contributed by atoms with Crippen LogP contribution in [0.5, 0.6) is 0 Å². The molecule has 0 aliphatic rings. The molecule has 0 aromatic carbocycles. The van der Waals surface area contributed by atoms with Crippen molar-refractivity contribution in [1.29, 1.82) is 0 Å². The van der Waals surface area contributed by atoms with Crippen molar-refractivity contribution in [2.24, 2.45) is 10.7 Å². The highest BCUT2D eigenvalue weighted by Gasteiger charge is 2.15. The molecule has 0 saturated carbocycles. The van der Waals surface area contributed by atoms with Crippen molar-refractivity contribution >= 4 is 12.7 Å². The second kappa shape index (κ2) is 6.79. The number of aliphatic imine (C=N–C) groups is 1. The summed E-state index contributed by atoms with van der Waals surface area (Å²) in [7, 11) is 1.35. The monoisotopic (exact) mass is 172 g/mol. The Labute approximate surface area is 72.8 Å². The van der Waals surface area contributed by atoms with E-state index in [0.29, 0.717) is 13.0 Å². The van der Waals surface area contributed by atoms with Crippen LogP contribution in [-0.2, 0) is 9.53 Å². The third-order valence-electron chi connectivity index (χ3n) is 1.63. The fourth-order valence-electron chi connectivity index (χ4n) is 0.902.